The van der Waals surface area contributed by atoms with E-state index < -0.39 is 9.84 Å². The second kappa shape index (κ2) is 7.04. The molecule has 2 aliphatic heterocycles. The lowest BCUT2D eigenvalue weighted by Gasteiger charge is -2.28. The minimum absolute atomic E-state index is 0.157. The minimum atomic E-state index is -2.83. The zero-order valence-electron chi connectivity index (χ0n) is 12.1. The molecule has 1 N–H and O–H groups in total. The van der Waals surface area contributed by atoms with Crippen LogP contribution in [0.15, 0.2) is 0 Å². The van der Waals surface area contributed by atoms with E-state index in [4.69, 9.17) is 0 Å². The highest BCUT2D eigenvalue weighted by Gasteiger charge is 2.41. The molecule has 5 heteroatoms. The molecule has 2 atom stereocenters. The van der Waals surface area contributed by atoms with Gasteiger partial charge in [0.05, 0.1) is 11.5 Å². The molecule has 0 bridgehead atoms. The van der Waals surface area contributed by atoms with Gasteiger partial charge in [-0.15, -0.1) is 0 Å². The van der Waals surface area contributed by atoms with E-state index >= 15 is 0 Å². The Morgan fingerprint density at radius 1 is 1.11 bits per heavy atom. The molecule has 0 aromatic rings. The molecule has 19 heavy (non-hydrogen) atoms. The van der Waals surface area contributed by atoms with E-state index in [2.05, 4.69) is 17.1 Å². The molecule has 2 fully saturated rings. The molecule has 2 heterocycles. The Kier molecular flexibility index (Phi) is 5.66. The smallest absolute Gasteiger partial charge is 0.153 e. The van der Waals surface area contributed by atoms with E-state index in [1.165, 1.54) is 32.1 Å². The van der Waals surface area contributed by atoms with Gasteiger partial charge in [0.15, 0.2) is 9.84 Å². The fraction of sp³-hybridized carbons (Fsp3) is 1.00. The molecule has 0 amide bonds. The largest absolute Gasteiger partial charge is 0.311 e. The molecule has 0 radical (unpaired) electrons. The first-order valence-corrected chi connectivity index (χ1v) is 9.62. The Morgan fingerprint density at radius 2 is 1.84 bits per heavy atom. The van der Waals surface area contributed by atoms with Crippen LogP contribution in [0.25, 0.3) is 0 Å². The van der Waals surface area contributed by atoms with Crippen LogP contribution in [0.3, 0.4) is 0 Å². The summed E-state index contributed by atoms with van der Waals surface area (Å²) in [7, 11) is -2.83. The summed E-state index contributed by atoms with van der Waals surface area (Å²) in [6.07, 6.45) is 7.38. The maximum atomic E-state index is 11.9. The lowest BCUT2D eigenvalue weighted by molar-refractivity contribution is 0.226. The van der Waals surface area contributed by atoms with Gasteiger partial charge >= 0.3 is 0 Å². The van der Waals surface area contributed by atoms with Crippen molar-refractivity contribution in [3.05, 3.63) is 0 Å². The standard InChI is InChI=1S/C14H28N2O2S/c1-2-3-4-5-8-15-13-11-19(17,18)12-14(13)16-9-6-7-10-16/h13-15H,2-12H2,1H3/t13-,14-/m1/s1. The first-order valence-electron chi connectivity index (χ1n) is 7.80. The summed E-state index contributed by atoms with van der Waals surface area (Å²) in [4.78, 5) is 2.38. The van der Waals surface area contributed by atoms with E-state index in [9.17, 15) is 8.42 Å². The third-order valence-electron chi connectivity index (χ3n) is 4.37. The Labute approximate surface area is 117 Å². The lowest BCUT2D eigenvalue weighted by Crippen LogP contribution is -2.48. The zero-order chi connectivity index (χ0) is 13.7. The van der Waals surface area contributed by atoms with E-state index in [-0.39, 0.29) is 12.1 Å². The maximum Gasteiger partial charge on any atom is 0.153 e. The van der Waals surface area contributed by atoms with Crippen LogP contribution in [0.1, 0.15) is 45.4 Å². The highest BCUT2D eigenvalue weighted by molar-refractivity contribution is 7.91. The van der Waals surface area contributed by atoms with E-state index in [1.54, 1.807) is 0 Å². The molecule has 112 valence electrons. The van der Waals surface area contributed by atoms with Gasteiger partial charge in [-0.25, -0.2) is 8.42 Å². The molecule has 0 aromatic heterocycles. The first-order chi connectivity index (χ1) is 9.12. The molecular formula is C14H28N2O2S. The van der Waals surface area contributed by atoms with Gasteiger partial charge in [-0.2, -0.15) is 0 Å². The van der Waals surface area contributed by atoms with Crippen LogP contribution in [0.4, 0.5) is 0 Å². The maximum absolute atomic E-state index is 11.9. The second-order valence-corrected chi connectivity index (χ2v) is 8.16. The van der Waals surface area contributed by atoms with Crippen LogP contribution in [0, 0.1) is 0 Å². The molecular weight excluding hydrogens is 260 g/mol. The fourth-order valence-corrected chi connectivity index (χ4v) is 5.28. The monoisotopic (exact) mass is 288 g/mol. The summed E-state index contributed by atoms with van der Waals surface area (Å²) in [6, 6.07) is 0.378. The minimum Gasteiger partial charge on any atom is -0.311 e. The number of rotatable bonds is 7. The highest BCUT2D eigenvalue weighted by Crippen LogP contribution is 2.22. The Hall–Kier alpha value is -0.130. The molecule has 4 nitrogen and oxygen atoms in total. The van der Waals surface area contributed by atoms with Crippen molar-refractivity contribution in [1.82, 2.24) is 10.2 Å². The van der Waals surface area contributed by atoms with Crippen molar-refractivity contribution in [3.8, 4) is 0 Å². The van der Waals surface area contributed by atoms with Gasteiger partial charge in [0.1, 0.15) is 0 Å². The first kappa shape index (κ1) is 15.3. The van der Waals surface area contributed by atoms with Gasteiger partial charge in [0.2, 0.25) is 0 Å². The van der Waals surface area contributed by atoms with E-state index in [1.807, 2.05) is 0 Å². The number of nitrogens with zero attached hydrogens (tertiary/aromatic N) is 1. The Balaban J connectivity index is 1.82. The van der Waals surface area contributed by atoms with Crippen LogP contribution in [0.5, 0.6) is 0 Å². The number of hydrogen-bond donors (Lipinski definition) is 1. The van der Waals surface area contributed by atoms with Crippen molar-refractivity contribution < 1.29 is 8.42 Å². The van der Waals surface area contributed by atoms with Crippen molar-refractivity contribution >= 4 is 9.84 Å². The van der Waals surface area contributed by atoms with Crippen LogP contribution < -0.4 is 5.32 Å². The van der Waals surface area contributed by atoms with Crippen LogP contribution >= 0.6 is 0 Å². The molecule has 2 saturated heterocycles. The quantitative estimate of drug-likeness (QED) is 0.720. The van der Waals surface area contributed by atoms with Crippen molar-refractivity contribution in [2.45, 2.75) is 57.5 Å². The summed E-state index contributed by atoms with van der Waals surface area (Å²) < 4.78 is 23.8. The van der Waals surface area contributed by atoms with Gasteiger partial charge in [-0.1, -0.05) is 26.2 Å². The van der Waals surface area contributed by atoms with Gasteiger partial charge in [0, 0.05) is 12.1 Å². The zero-order valence-corrected chi connectivity index (χ0v) is 12.9. The number of likely N-dealkylation sites (tertiary alicyclic amines) is 1. The van der Waals surface area contributed by atoms with Gasteiger partial charge in [-0.3, -0.25) is 4.90 Å². The van der Waals surface area contributed by atoms with Crippen molar-refractivity contribution in [2.24, 2.45) is 0 Å². The number of hydrogen-bond acceptors (Lipinski definition) is 4. The highest BCUT2D eigenvalue weighted by atomic mass is 32.2. The molecule has 0 unspecified atom stereocenters. The van der Waals surface area contributed by atoms with Crippen molar-refractivity contribution in [2.75, 3.05) is 31.1 Å². The Morgan fingerprint density at radius 3 is 2.53 bits per heavy atom. The third kappa shape index (κ3) is 4.43. The molecule has 0 spiro atoms. The summed E-state index contributed by atoms with van der Waals surface area (Å²) in [6.45, 7) is 5.33. The molecule has 2 rings (SSSR count). The topological polar surface area (TPSA) is 49.4 Å². The third-order valence-corrected chi connectivity index (χ3v) is 6.09. The van der Waals surface area contributed by atoms with E-state index in [0.717, 1.165) is 26.1 Å². The fourth-order valence-electron chi connectivity index (χ4n) is 3.30. The normalized spacial score (nSPS) is 31.0. The predicted molar refractivity (Wildman–Crippen MR) is 79.2 cm³/mol. The average Bonchev–Trinajstić information content (AvgIpc) is 2.96. The predicted octanol–water partition coefficient (Wildman–Crippen LogP) is 1.42. The number of sulfone groups is 1. The van der Waals surface area contributed by atoms with Crippen LogP contribution in [-0.4, -0.2) is 56.5 Å². The number of nitrogens with one attached hydrogen (secondary N) is 1. The Bertz CT molecular complexity index is 364. The summed E-state index contributed by atoms with van der Waals surface area (Å²) in [5.74, 6) is 0.696. The lowest BCUT2D eigenvalue weighted by atomic mass is 10.1. The summed E-state index contributed by atoms with van der Waals surface area (Å²) >= 11 is 0. The molecule has 0 aliphatic carbocycles. The van der Waals surface area contributed by atoms with Crippen LogP contribution in [0.2, 0.25) is 0 Å². The van der Waals surface area contributed by atoms with Gasteiger partial charge in [-0.05, 0) is 38.9 Å². The molecule has 2 aliphatic rings. The van der Waals surface area contributed by atoms with E-state index in [0.29, 0.717) is 11.5 Å². The summed E-state index contributed by atoms with van der Waals surface area (Å²) in [5, 5.41) is 3.50. The summed E-state index contributed by atoms with van der Waals surface area (Å²) in [5.41, 5.74) is 0. The average molecular weight is 288 g/mol. The van der Waals surface area contributed by atoms with Crippen LogP contribution in [-0.2, 0) is 9.84 Å². The van der Waals surface area contributed by atoms with Gasteiger partial charge in [0.25, 0.3) is 0 Å². The molecule has 0 aromatic carbocycles. The van der Waals surface area contributed by atoms with Crippen molar-refractivity contribution in [3.63, 3.8) is 0 Å². The van der Waals surface area contributed by atoms with Crippen molar-refractivity contribution in [1.29, 1.82) is 0 Å². The SMILES string of the molecule is CCCCCCN[C@@H]1CS(=O)(=O)C[C@H]1N1CCCC1. The van der Waals surface area contributed by atoms with Gasteiger partial charge < -0.3 is 5.32 Å². The number of unbranched alkanes of at least 4 members (excludes halogenated alkanes) is 3. The molecule has 0 saturated carbocycles. The second-order valence-electron chi connectivity index (χ2n) is 6.01.